The zero-order valence-electron chi connectivity index (χ0n) is 12.4. The smallest absolute Gasteiger partial charge is 0.282 e. The summed E-state index contributed by atoms with van der Waals surface area (Å²) in [5, 5.41) is 17.1. The van der Waals surface area contributed by atoms with E-state index in [0.29, 0.717) is 18.2 Å². The summed E-state index contributed by atoms with van der Waals surface area (Å²) in [5.41, 5.74) is 0.685. The summed E-state index contributed by atoms with van der Waals surface area (Å²) in [6.45, 7) is 4.72. The lowest BCUT2D eigenvalue weighted by Crippen LogP contribution is -2.36. The van der Waals surface area contributed by atoms with Crippen molar-refractivity contribution >= 4 is 17.3 Å². The van der Waals surface area contributed by atoms with Crippen LogP contribution in [0.25, 0.3) is 0 Å². The lowest BCUT2D eigenvalue weighted by Gasteiger charge is -2.17. The first-order valence-corrected chi connectivity index (χ1v) is 7.36. The molecule has 2 unspecified atom stereocenters. The van der Waals surface area contributed by atoms with Crippen LogP contribution in [0, 0.1) is 16.0 Å². The van der Waals surface area contributed by atoms with Gasteiger partial charge in [-0.05, 0) is 37.8 Å². The topological polar surface area (TPSA) is 84.3 Å². The molecule has 21 heavy (non-hydrogen) atoms. The third-order valence-electron chi connectivity index (χ3n) is 4.00. The number of rotatable bonds is 5. The van der Waals surface area contributed by atoms with Crippen LogP contribution in [0.2, 0.25) is 0 Å². The number of hydrogen-bond acceptors (Lipinski definition) is 4. The van der Waals surface area contributed by atoms with Gasteiger partial charge in [0.25, 0.3) is 11.6 Å². The van der Waals surface area contributed by atoms with E-state index in [1.807, 2.05) is 6.92 Å². The van der Waals surface area contributed by atoms with Crippen LogP contribution < -0.4 is 10.6 Å². The molecule has 2 N–H and O–H groups in total. The fourth-order valence-electron chi connectivity index (χ4n) is 2.80. The minimum absolute atomic E-state index is 0.111. The summed E-state index contributed by atoms with van der Waals surface area (Å²) < 4.78 is 0. The molecule has 1 aliphatic carbocycles. The Labute approximate surface area is 124 Å². The first-order valence-electron chi connectivity index (χ1n) is 7.36. The van der Waals surface area contributed by atoms with E-state index in [2.05, 4.69) is 17.6 Å². The van der Waals surface area contributed by atoms with Crippen molar-refractivity contribution in [1.82, 2.24) is 5.32 Å². The highest BCUT2D eigenvalue weighted by Crippen LogP contribution is 2.27. The first kappa shape index (κ1) is 15.3. The molecule has 6 nitrogen and oxygen atoms in total. The van der Waals surface area contributed by atoms with Gasteiger partial charge < -0.3 is 10.6 Å². The highest BCUT2D eigenvalue weighted by atomic mass is 16.6. The van der Waals surface area contributed by atoms with Crippen molar-refractivity contribution < 1.29 is 9.72 Å². The summed E-state index contributed by atoms with van der Waals surface area (Å²) in [6, 6.07) is 4.66. The Kier molecular flexibility index (Phi) is 4.77. The van der Waals surface area contributed by atoms with E-state index < -0.39 is 4.92 Å². The van der Waals surface area contributed by atoms with E-state index in [9.17, 15) is 14.9 Å². The van der Waals surface area contributed by atoms with Crippen LogP contribution in [0.4, 0.5) is 11.4 Å². The number of carbonyl (C=O) groups is 1. The van der Waals surface area contributed by atoms with Crippen molar-refractivity contribution in [3.63, 3.8) is 0 Å². The van der Waals surface area contributed by atoms with Crippen LogP contribution in [0.5, 0.6) is 0 Å². The summed E-state index contributed by atoms with van der Waals surface area (Å²) in [5.74, 6) is 0.0603. The summed E-state index contributed by atoms with van der Waals surface area (Å²) in [6.07, 6.45) is 3.11. The summed E-state index contributed by atoms with van der Waals surface area (Å²) >= 11 is 0. The minimum Gasteiger partial charge on any atom is -0.385 e. The van der Waals surface area contributed by atoms with Crippen LogP contribution >= 0.6 is 0 Å². The number of benzene rings is 1. The number of carbonyl (C=O) groups excluding carboxylic acids is 1. The molecule has 1 fully saturated rings. The van der Waals surface area contributed by atoms with Crippen LogP contribution in [0.3, 0.4) is 0 Å². The number of anilines is 1. The zero-order chi connectivity index (χ0) is 15.4. The Balaban J connectivity index is 2.24. The maximum atomic E-state index is 12.4. The third-order valence-corrected chi connectivity index (χ3v) is 4.00. The quantitative estimate of drug-likeness (QED) is 0.645. The van der Waals surface area contributed by atoms with E-state index in [-0.39, 0.29) is 23.2 Å². The maximum absolute atomic E-state index is 12.4. The van der Waals surface area contributed by atoms with Gasteiger partial charge in [-0.2, -0.15) is 0 Å². The van der Waals surface area contributed by atoms with E-state index >= 15 is 0 Å². The van der Waals surface area contributed by atoms with Crippen molar-refractivity contribution in [2.24, 2.45) is 5.92 Å². The molecule has 0 saturated heterocycles. The Hall–Kier alpha value is -2.11. The molecule has 2 atom stereocenters. The average molecular weight is 291 g/mol. The van der Waals surface area contributed by atoms with Gasteiger partial charge in [-0.15, -0.1) is 0 Å². The molecule has 114 valence electrons. The van der Waals surface area contributed by atoms with Gasteiger partial charge in [-0.1, -0.05) is 13.3 Å². The van der Waals surface area contributed by atoms with Gasteiger partial charge in [-0.3, -0.25) is 14.9 Å². The Morgan fingerprint density at radius 1 is 1.43 bits per heavy atom. The van der Waals surface area contributed by atoms with Gasteiger partial charge in [0.1, 0.15) is 5.56 Å². The molecule has 0 aliphatic heterocycles. The number of nitrogens with zero attached hydrogens (tertiary/aromatic N) is 1. The molecule has 2 rings (SSSR count). The molecule has 0 spiro atoms. The van der Waals surface area contributed by atoms with Gasteiger partial charge in [0.2, 0.25) is 0 Å². The largest absolute Gasteiger partial charge is 0.385 e. The Morgan fingerprint density at radius 2 is 2.19 bits per heavy atom. The van der Waals surface area contributed by atoms with Gasteiger partial charge in [0.15, 0.2) is 0 Å². The molecule has 0 bridgehead atoms. The molecule has 6 heteroatoms. The second-order valence-electron chi connectivity index (χ2n) is 5.51. The SMILES string of the molecule is CCNc1ccc([N+](=O)[O-])c(C(=O)NC2CCCC2C)c1. The third kappa shape index (κ3) is 3.51. The highest BCUT2D eigenvalue weighted by molar-refractivity contribution is 5.99. The van der Waals surface area contributed by atoms with Crippen molar-refractivity contribution in [3.05, 3.63) is 33.9 Å². The molecule has 0 radical (unpaired) electrons. The fourth-order valence-corrected chi connectivity index (χ4v) is 2.80. The summed E-state index contributed by atoms with van der Waals surface area (Å²) in [7, 11) is 0. The van der Waals surface area contributed by atoms with Crippen molar-refractivity contribution in [2.45, 2.75) is 39.2 Å². The van der Waals surface area contributed by atoms with Crippen LogP contribution in [-0.2, 0) is 0 Å². The zero-order valence-corrected chi connectivity index (χ0v) is 12.4. The highest BCUT2D eigenvalue weighted by Gasteiger charge is 2.28. The number of amides is 1. The van der Waals surface area contributed by atoms with Gasteiger partial charge >= 0.3 is 0 Å². The van der Waals surface area contributed by atoms with Crippen molar-refractivity contribution in [3.8, 4) is 0 Å². The Morgan fingerprint density at radius 3 is 2.76 bits per heavy atom. The molecule has 1 aromatic carbocycles. The van der Waals surface area contributed by atoms with E-state index in [1.165, 1.54) is 6.07 Å². The Bertz CT molecular complexity index is 545. The monoisotopic (exact) mass is 291 g/mol. The predicted molar refractivity (Wildman–Crippen MR) is 81.5 cm³/mol. The molecule has 1 aromatic rings. The number of nitro groups is 1. The van der Waals surface area contributed by atoms with Crippen LogP contribution in [0.1, 0.15) is 43.5 Å². The number of hydrogen-bond donors (Lipinski definition) is 2. The van der Waals surface area contributed by atoms with Gasteiger partial charge in [0.05, 0.1) is 4.92 Å². The first-order chi connectivity index (χ1) is 10.0. The molecule has 1 saturated carbocycles. The average Bonchev–Trinajstić information content (AvgIpc) is 2.84. The molecular formula is C15H21N3O3. The molecular weight excluding hydrogens is 270 g/mol. The molecule has 1 amide bonds. The minimum atomic E-state index is -0.511. The van der Waals surface area contributed by atoms with Crippen molar-refractivity contribution in [2.75, 3.05) is 11.9 Å². The lowest BCUT2D eigenvalue weighted by atomic mass is 10.1. The van der Waals surface area contributed by atoms with Crippen LogP contribution in [0.15, 0.2) is 18.2 Å². The number of nitrogens with one attached hydrogen (secondary N) is 2. The second-order valence-corrected chi connectivity index (χ2v) is 5.51. The van der Waals surface area contributed by atoms with Gasteiger partial charge in [-0.25, -0.2) is 0 Å². The van der Waals surface area contributed by atoms with E-state index in [4.69, 9.17) is 0 Å². The lowest BCUT2D eigenvalue weighted by molar-refractivity contribution is -0.385. The fraction of sp³-hybridized carbons (Fsp3) is 0.533. The normalized spacial score (nSPS) is 21.0. The molecule has 0 aromatic heterocycles. The summed E-state index contributed by atoms with van der Waals surface area (Å²) in [4.78, 5) is 23.0. The second kappa shape index (κ2) is 6.56. The maximum Gasteiger partial charge on any atom is 0.282 e. The van der Waals surface area contributed by atoms with Gasteiger partial charge in [0, 0.05) is 24.3 Å². The predicted octanol–water partition coefficient (Wildman–Crippen LogP) is 2.95. The van der Waals surface area contributed by atoms with Crippen molar-refractivity contribution in [1.29, 1.82) is 0 Å². The molecule has 1 aliphatic rings. The number of nitro benzene ring substituents is 1. The van der Waals surface area contributed by atoms with Crippen LogP contribution in [-0.4, -0.2) is 23.4 Å². The van der Waals surface area contributed by atoms with E-state index in [0.717, 1.165) is 19.3 Å². The van der Waals surface area contributed by atoms with E-state index in [1.54, 1.807) is 12.1 Å². The standard InChI is InChI=1S/C15H21N3O3/c1-3-16-11-7-8-14(18(20)21)12(9-11)15(19)17-13-6-4-5-10(13)2/h7-10,13,16H,3-6H2,1-2H3,(H,17,19). The molecule has 0 heterocycles.